The van der Waals surface area contributed by atoms with E-state index in [-0.39, 0.29) is 5.28 Å². The second kappa shape index (κ2) is 7.76. The fourth-order valence-corrected chi connectivity index (χ4v) is 4.13. The average Bonchev–Trinajstić information content (AvgIpc) is 3.37. The Kier molecular flexibility index (Phi) is 4.90. The molecule has 3 heterocycles. The lowest BCUT2D eigenvalue weighted by atomic mass is 9.98. The molecule has 0 bridgehead atoms. The Hall–Kier alpha value is -3.71. The lowest BCUT2D eigenvalue weighted by Crippen LogP contribution is -1.96. The number of methoxy groups -OCH3 is 3. The first kappa shape index (κ1) is 20.2. The highest BCUT2D eigenvalue weighted by molar-refractivity contribution is 6.28. The third-order valence-corrected chi connectivity index (χ3v) is 5.70. The second-order valence-electron chi connectivity index (χ2n) is 7.28. The predicted octanol–water partition coefficient (Wildman–Crippen LogP) is 5.73. The van der Waals surface area contributed by atoms with Crippen molar-refractivity contribution in [1.29, 1.82) is 0 Å². The van der Waals surface area contributed by atoms with Gasteiger partial charge in [-0.15, -0.1) is 0 Å². The molecule has 8 heteroatoms. The summed E-state index contributed by atoms with van der Waals surface area (Å²) < 4.78 is 24.9. The zero-order valence-electron chi connectivity index (χ0n) is 18.0. The van der Waals surface area contributed by atoms with Crippen molar-refractivity contribution in [3.63, 3.8) is 0 Å². The molecule has 0 radical (unpaired) electrons. The molecule has 7 nitrogen and oxygen atoms in total. The Morgan fingerprint density at radius 2 is 1.69 bits per heavy atom. The van der Waals surface area contributed by atoms with Gasteiger partial charge in [-0.25, -0.2) is 4.98 Å². The SMILES string of the molecule is COc1cc(-c2c(-c3ccc4c(ccn4C)c3)oc3nc(Cl)ncc23)cc(OC)c1OC. The molecule has 5 aromatic rings. The Labute approximate surface area is 189 Å². The number of fused-ring (bicyclic) bond motifs is 2. The molecular formula is C24H20ClN3O4. The third-order valence-electron chi connectivity index (χ3n) is 5.52. The van der Waals surface area contributed by atoms with E-state index in [0.29, 0.717) is 28.7 Å². The van der Waals surface area contributed by atoms with Crippen LogP contribution in [0.5, 0.6) is 17.2 Å². The highest BCUT2D eigenvalue weighted by Gasteiger charge is 2.23. The molecule has 0 aliphatic carbocycles. The van der Waals surface area contributed by atoms with Gasteiger partial charge in [0.1, 0.15) is 5.76 Å². The number of hydrogen-bond donors (Lipinski definition) is 0. The molecule has 0 unspecified atom stereocenters. The Bertz CT molecular complexity index is 1450. The first-order valence-corrected chi connectivity index (χ1v) is 10.2. The number of nitrogens with zero attached hydrogens (tertiary/aromatic N) is 3. The minimum atomic E-state index is 0.118. The van der Waals surface area contributed by atoms with Crippen molar-refractivity contribution < 1.29 is 18.6 Å². The molecule has 2 aromatic carbocycles. The van der Waals surface area contributed by atoms with Crippen LogP contribution in [0.1, 0.15) is 0 Å². The molecule has 0 aliphatic heterocycles. The van der Waals surface area contributed by atoms with Gasteiger partial charge in [0.2, 0.25) is 16.7 Å². The summed E-state index contributed by atoms with van der Waals surface area (Å²) >= 11 is 6.05. The fraction of sp³-hybridized carbons (Fsp3) is 0.167. The van der Waals surface area contributed by atoms with Gasteiger partial charge < -0.3 is 23.2 Å². The summed E-state index contributed by atoms with van der Waals surface area (Å²) in [5, 5.41) is 1.95. The van der Waals surface area contributed by atoms with Crippen molar-refractivity contribution in [2.24, 2.45) is 7.05 Å². The summed E-state index contributed by atoms with van der Waals surface area (Å²) in [6.45, 7) is 0. The maximum absolute atomic E-state index is 6.22. The number of rotatable bonds is 5. The van der Waals surface area contributed by atoms with Crippen molar-refractivity contribution in [1.82, 2.24) is 14.5 Å². The van der Waals surface area contributed by atoms with Crippen molar-refractivity contribution >= 4 is 33.6 Å². The van der Waals surface area contributed by atoms with Crippen LogP contribution in [-0.4, -0.2) is 35.9 Å². The number of benzene rings is 2. The normalized spacial score (nSPS) is 11.3. The summed E-state index contributed by atoms with van der Waals surface area (Å²) in [5.74, 6) is 2.24. The molecule has 5 rings (SSSR count). The van der Waals surface area contributed by atoms with Gasteiger partial charge in [0.15, 0.2) is 11.5 Å². The topological polar surface area (TPSA) is 71.5 Å². The van der Waals surface area contributed by atoms with E-state index < -0.39 is 0 Å². The zero-order chi connectivity index (χ0) is 22.4. The number of hydrogen-bond acceptors (Lipinski definition) is 6. The van der Waals surface area contributed by atoms with Crippen LogP contribution in [-0.2, 0) is 7.05 Å². The van der Waals surface area contributed by atoms with E-state index >= 15 is 0 Å². The monoisotopic (exact) mass is 449 g/mol. The van der Waals surface area contributed by atoms with E-state index in [0.717, 1.165) is 33.0 Å². The molecule has 0 N–H and O–H groups in total. The average molecular weight is 450 g/mol. The van der Waals surface area contributed by atoms with Crippen LogP contribution in [0.4, 0.5) is 0 Å². The van der Waals surface area contributed by atoms with Gasteiger partial charge in [0.25, 0.3) is 0 Å². The molecule has 0 aliphatic rings. The van der Waals surface area contributed by atoms with Crippen LogP contribution < -0.4 is 14.2 Å². The van der Waals surface area contributed by atoms with Crippen molar-refractivity contribution in [2.45, 2.75) is 0 Å². The van der Waals surface area contributed by atoms with Crippen LogP contribution in [0, 0.1) is 0 Å². The third kappa shape index (κ3) is 3.13. The minimum Gasteiger partial charge on any atom is -0.493 e. The van der Waals surface area contributed by atoms with Crippen molar-refractivity contribution in [3.8, 4) is 39.7 Å². The van der Waals surface area contributed by atoms with Gasteiger partial charge in [0.05, 0.1) is 26.7 Å². The van der Waals surface area contributed by atoms with E-state index in [2.05, 4.69) is 32.7 Å². The van der Waals surface area contributed by atoms with E-state index in [9.17, 15) is 0 Å². The first-order chi connectivity index (χ1) is 15.5. The molecule has 0 amide bonds. The smallest absolute Gasteiger partial charge is 0.231 e. The molecule has 0 atom stereocenters. The maximum Gasteiger partial charge on any atom is 0.231 e. The Balaban J connectivity index is 1.82. The van der Waals surface area contributed by atoms with E-state index in [1.54, 1.807) is 27.5 Å². The summed E-state index contributed by atoms with van der Waals surface area (Å²) in [4.78, 5) is 8.47. The van der Waals surface area contributed by atoms with Crippen LogP contribution in [0.2, 0.25) is 5.28 Å². The molecule has 0 spiro atoms. The fourth-order valence-electron chi connectivity index (χ4n) is 4.00. The summed E-state index contributed by atoms with van der Waals surface area (Å²) in [6, 6.07) is 12.0. The maximum atomic E-state index is 6.22. The second-order valence-corrected chi connectivity index (χ2v) is 7.62. The number of aryl methyl sites for hydroxylation is 1. The van der Waals surface area contributed by atoms with Crippen LogP contribution >= 0.6 is 11.6 Å². The van der Waals surface area contributed by atoms with Gasteiger partial charge in [-0.2, -0.15) is 4.98 Å². The zero-order valence-corrected chi connectivity index (χ0v) is 18.7. The molecule has 3 aromatic heterocycles. The van der Waals surface area contributed by atoms with Gasteiger partial charge in [0, 0.05) is 41.5 Å². The van der Waals surface area contributed by atoms with Crippen LogP contribution in [0.15, 0.2) is 53.2 Å². The van der Waals surface area contributed by atoms with Gasteiger partial charge >= 0.3 is 0 Å². The molecule has 32 heavy (non-hydrogen) atoms. The number of furan rings is 1. The molecule has 0 saturated carbocycles. The van der Waals surface area contributed by atoms with E-state index in [4.69, 9.17) is 30.2 Å². The minimum absolute atomic E-state index is 0.118. The predicted molar refractivity (Wildman–Crippen MR) is 124 cm³/mol. The Morgan fingerprint density at radius 3 is 2.38 bits per heavy atom. The Morgan fingerprint density at radius 1 is 0.938 bits per heavy atom. The lowest BCUT2D eigenvalue weighted by molar-refractivity contribution is 0.324. The summed E-state index contributed by atoms with van der Waals surface area (Å²) in [6.07, 6.45) is 3.69. The van der Waals surface area contributed by atoms with Gasteiger partial charge in [-0.3, -0.25) is 0 Å². The first-order valence-electron chi connectivity index (χ1n) is 9.85. The largest absolute Gasteiger partial charge is 0.493 e. The van der Waals surface area contributed by atoms with Crippen molar-refractivity contribution in [2.75, 3.05) is 21.3 Å². The quantitative estimate of drug-likeness (QED) is 0.319. The van der Waals surface area contributed by atoms with Crippen LogP contribution in [0.3, 0.4) is 0 Å². The summed E-state index contributed by atoms with van der Waals surface area (Å²) in [7, 11) is 6.76. The van der Waals surface area contributed by atoms with E-state index in [1.807, 2.05) is 31.4 Å². The highest BCUT2D eigenvalue weighted by atomic mass is 35.5. The lowest BCUT2D eigenvalue weighted by Gasteiger charge is -2.14. The molecular weight excluding hydrogens is 430 g/mol. The number of aromatic nitrogens is 3. The van der Waals surface area contributed by atoms with Gasteiger partial charge in [-0.1, -0.05) is 0 Å². The number of halogens is 1. The summed E-state index contributed by atoms with van der Waals surface area (Å²) in [5.41, 5.74) is 4.05. The highest BCUT2D eigenvalue weighted by Crippen LogP contribution is 2.46. The standard InChI is InChI=1S/C24H20ClN3O4/c1-28-8-7-13-9-14(5-6-17(13)28)21-20(16-12-26-24(25)27-23(16)32-21)15-10-18(29-2)22(31-4)19(11-15)30-3/h5-12H,1-4H3. The number of ether oxygens (including phenoxy) is 3. The molecule has 162 valence electrons. The molecule has 0 fully saturated rings. The van der Waals surface area contributed by atoms with E-state index in [1.165, 1.54) is 0 Å². The van der Waals surface area contributed by atoms with Gasteiger partial charge in [-0.05, 0) is 53.6 Å². The van der Waals surface area contributed by atoms with Crippen LogP contribution in [0.25, 0.3) is 44.5 Å². The molecule has 0 saturated heterocycles. The van der Waals surface area contributed by atoms with Crippen molar-refractivity contribution in [3.05, 3.63) is 54.1 Å².